The number of benzene rings is 1. The minimum Gasteiger partial charge on any atom is -0.338 e. The summed E-state index contributed by atoms with van der Waals surface area (Å²) in [6.07, 6.45) is 7.62. The first-order valence-corrected chi connectivity index (χ1v) is 15.4. The molecule has 2 bridgehead atoms. The molecular weight excluding hydrogens is 498 g/mol. The Morgan fingerprint density at radius 2 is 1.95 bits per heavy atom. The van der Waals surface area contributed by atoms with Crippen molar-refractivity contribution in [3.63, 3.8) is 0 Å². The highest BCUT2D eigenvalue weighted by molar-refractivity contribution is 7.99. The zero-order valence-electron chi connectivity index (χ0n) is 22.6. The van der Waals surface area contributed by atoms with E-state index in [4.69, 9.17) is 4.98 Å². The molecule has 0 spiro atoms. The molecule has 1 aromatic carbocycles. The van der Waals surface area contributed by atoms with Crippen LogP contribution in [0.5, 0.6) is 0 Å². The van der Waals surface area contributed by atoms with Crippen molar-refractivity contribution in [2.75, 3.05) is 12.3 Å². The molecule has 2 atom stereocenters. The summed E-state index contributed by atoms with van der Waals surface area (Å²) in [4.78, 5) is 37.0. The van der Waals surface area contributed by atoms with Gasteiger partial charge in [-0.1, -0.05) is 50.2 Å². The number of nitrogens with zero attached hydrogens (tertiary/aromatic N) is 3. The summed E-state index contributed by atoms with van der Waals surface area (Å²) in [7, 11) is 0. The van der Waals surface area contributed by atoms with Crippen LogP contribution in [0.4, 0.5) is 0 Å². The van der Waals surface area contributed by atoms with Crippen molar-refractivity contribution >= 4 is 39.2 Å². The van der Waals surface area contributed by atoms with Gasteiger partial charge in [-0.3, -0.25) is 14.2 Å². The standard InChI is InChI=1S/C30H37N3O2S2/c1-18-10-11-22(19(2)12-18)33-27(35)25-21-8-6-7-9-23(21)37-26(25)31-28(33)36-15-24(34)32-17-30(5)14-20(32)13-29(3,4)16-30/h10-12,20H,6-9,13-17H2,1-5H3/t20-,30-/m1/s1. The topological polar surface area (TPSA) is 55.2 Å². The third-order valence-corrected chi connectivity index (χ3v) is 10.7. The van der Waals surface area contributed by atoms with Crippen LogP contribution in [0.3, 0.4) is 0 Å². The van der Waals surface area contributed by atoms with Crippen molar-refractivity contribution in [1.82, 2.24) is 14.5 Å². The smallest absolute Gasteiger partial charge is 0.267 e. The Balaban J connectivity index is 1.37. The van der Waals surface area contributed by atoms with Crippen LogP contribution in [0.15, 0.2) is 28.2 Å². The second-order valence-corrected chi connectivity index (χ2v) is 14.8. The molecule has 1 saturated carbocycles. The molecular formula is C30H37N3O2S2. The normalized spacial score (nSPS) is 24.5. The second-order valence-electron chi connectivity index (χ2n) is 12.7. The maximum Gasteiger partial charge on any atom is 0.267 e. The number of carbonyl (C=O) groups is 1. The van der Waals surface area contributed by atoms with Gasteiger partial charge in [0.1, 0.15) is 4.83 Å². The van der Waals surface area contributed by atoms with Gasteiger partial charge in [0.2, 0.25) is 5.91 Å². The van der Waals surface area contributed by atoms with Crippen molar-refractivity contribution in [3.05, 3.63) is 50.1 Å². The van der Waals surface area contributed by atoms with Gasteiger partial charge in [0.15, 0.2) is 5.16 Å². The van der Waals surface area contributed by atoms with Crippen LogP contribution in [0.2, 0.25) is 0 Å². The number of aryl methyl sites for hydroxylation is 4. The summed E-state index contributed by atoms with van der Waals surface area (Å²) in [5, 5.41) is 1.42. The monoisotopic (exact) mass is 535 g/mol. The van der Waals surface area contributed by atoms with Gasteiger partial charge < -0.3 is 4.90 Å². The van der Waals surface area contributed by atoms with Crippen molar-refractivity contribution in [3.8, 4) is 5.69 Å². The van der Waals surface area contributed by atoms with E-state index in [1.807, 2.05) is 6.07 Å². The lowest BCUT2D eigenvalue weighted by Gasteiger charge is -2.39. The molecule has 1 saturated heterocycles. The predicted octanol–water partition coefficient (Wildman–Crippen LogP) is 6.46. The molecule has 3 aliphatic rings. The minimum atomic E-state index is 0.0117. The Morgan fingerprint density at radius 1 is 1.16 bits per heavy atom. The molecule has 3 aromatic rings. The second kappa shape index (κ2) is 8.98. The van der Waals surface area contributed by atoms with E-state index >= 15 is 0 Å². The van der Waals surface area contributed by atoms with Crippen molar-refractivity contribution in [2.24, 2.45) is 10.8 Å². The fourth-order valence-corrected chi connectivity index (χ4v) is 9.71. The highest BCUT2D eigenvalue weighted by Gasteiger charge is 2.50. The molecule has 0 radical (unpaired) electrons. The van der Waals surface area contributed by atoms with Crippen molar-refractivity contribution < 1.29 is 4.79 Å². The summed E-state index contributed by atoms with van der Waals surface area (Å²) < 4.78 is 1.78. The van der Waals surface area contributed by atoms with E-state index in [2.05, 4.69) is 51.7 Å². The predicted molar refractivity (Wildman–Crippen MR) is 153 cm³/mol. The van der Waals surface area contributed by atoms with Crippen LogP contribution in [0.25, 0.3) is 15.9 Å². The summed E-state index contributed by atoms with van der Waals surface area (Å²) in [6.45, 7) is 12.0. The molecule has 0 N–H and O–H groups in total. The van der Waals surface area contributed by atoms with Gasteiger partial charge in [-0.05, 0) is 86.8 Å². The quantitative estimate of drug-likeness (QED) is 0.284. The Labute approximate surface area is 227 Å². The molecule has 196 valence electrons. The molecule has 1 amide bonds. The van der Waals surface area contributed by atoms with Gasteiger partial charge >= 0.3 is 0 Å². The number of thioether (sulfide) groups is 1. The SMILES string of the molecule is Cc1ccc(-n2c(SCC(=O)N3C[C@]4(C)C[C@H]3CC(C)(C)C4)nc3sc4c(c3c2=O)CCCC4)c(C)c1. The Hall–Kier alpha value is -2.12. The lowest BCUT2D eigenvalue weighted by molar-refractivity contribution is -0.129. The van der Waals surface area contributed by atoms with Gasteiger partial charge in [-0.2, -0.15) is 0 Å². The van der Waals surface area contributed by atoms with Crippen LogP contribution in [-0.4, -0.2) is 38.7 Å². The number of aromatic nitrogens is 2. The van der Waals surface area contributed by atoms with Gasteiger partial charge in [0.25, 0.3) is 5.56 Å². The van der Waals surface area contributed by atoms with Crippen molar-refractivity contribution in [2.45, 2.75) is 90.8 Å². The number of carbonyl (C=O) groups excluding carboxylic acids is 1. The number of amides is 1. The molecule has 2 aromatic heterocycles. The molecule has 1 aliphatic heterocycles. The molecule has 7 heteroatoms. The number of fused-ring (bicyclic) bond motifs is 5. The molecule has 5 nitrogen and oxygen atoms in total. The molecule has 6 rings (SSSR count). The maximum absolute atomic E-state index is 14.1. The van der Waals surface area contributed by atoms with E-state index in [1.54, 1.807) is 15.9 Å². The zero-order valence-corrected chi connectivity index (χ0v) is 24.3. The number of hydrogen-bond donors (Lipinski definition) is 0. The zero-order chi connectivity index (χ0) is 26.1. The first-order valence-electron chi connectivity index (χ1n) is 13.6. The molecule has 0 unspecified atom stereocenters. The van der Waals surface area contributed by atoms with Gasteiger partial charge in [-0.25, -0.2) is 4.98 Å². The van der Waals surface area contributed by atoms with E-state index in [-0.39, 0.29) is 22.3 Å². The first-order chi connectivity index (χ1) is 17.5. The average Bonchev–Trinajstić information content (AvgIpc) is 3.31. The number of thiophene rings is 1. The first kappa shape index (κ1) is 25.2. The Bertz CT molecular complexity index is 1470. The van der Waals surface area contributed by atoms with Crippen LogP contribution in [-0.2, 0) is 17.6 Å². The number of rotatable bonds is 4. The summed E-state index contributed by atoms with van der Waals surface area (Å²) >= 11 is 3.10. The van der Waals surface area contributed by atoms with Gasteiger partial charge in [0.05, 0.1) is 16.8 Å². The molecule has 3 heterocycles. The van der Waals surface area contributed by atoms with E-state index in [9.17, 15) is 9.59 Å². The minimum absolute atomic E-state index is 0.0117. The third-order valence-electron chi connectivity index (χ3n) is 8.61. The molecule has 2 aliphatic carbocycles. The highest BCUT2D eigenvalue weighted by atomic mass is 32.2. The largest absolute Gasteiger partial charge is 0.338 e. The van der Waals surface area contributed by atoms with Crippen LogP contribution in [0.1, 0.15) is 74.4 Å². The van der Waals surface area contributed by atoms with Crippen LogP contribution >= 0.6 is 23.1 Å². The average molecular weight is 536 g/mol. The van der Waals surface area contributed by atoms with E-state index in [0.717, 1.165) is 65.7 Å². The number of likely N-dealkylation sites (tertiary alicyclic amines) is 1. The highest BCUT2D eigenvalue weighted by Crippen LogP contribution is 2.52. The van der Waals surface area contributed by atoms with Crippen LogP contribution < -0.4 is 5.56 Å². The fraction of sp³-hybridized carbons (Fsp3) is 0.567. The van der Waals surface area contributed by atoms with E-state index in [1.165, 1.54) is 35.0 Å². The van der Waals surface area contributed by atoms with E-state index in [0.29, 0.717) is 17.0 Å². The number of hydrogen-bond acceptors (Lipinski definition) is 5. The van der Waals surface area contributed by atoms with Gasteiger partial charge in [0, 0.05) is 17.5 Å². The summed E-state index contributed by atoms with van der Waals surface area (Å²) in [5.41, 5.74) is 4.77. The lowest BCUT2D eigenvalue weighted by atomic mass is 9.65. The van der Waals surface area contributed by atoms with Gasteiger partial charge in [-0.15, -0.1) is 11.3 Å². The summed E-state index contributed by atoms with van der Waals surface area (Å²) in [5.74, 6) is 0.476. The molecule has 2 fully saturated rings. The Kier molecular flexibility index (Phi) is 6.11. The van der Waals surface area contributed by atoms with E-state index < -0.39 is 0 Å². The summed E-state index contributed by atoms with van der Waals surface area (Å²) in [6, 6.07) is 6.51. The maximum atomic E-state index is 14.1. The molecule has 37 heavy (non-hydrogen) atoms. The fourth-order valence-electron chi connectivity index (χ4n) is 7.51. The van der Waals surface area contributed by atoms with Crippen molar-refractivity contribution in [1.29, 1.82) is 0 Å². The van der Waals surface area contributed by atoms with Crippen LogP contribution in [0, 0.1) is 24.7 Å². The Morgan fingerprint density at radius 3 is 2.73 bits per heavy atom. The lowest BCUT2D eigenvalue weighted by Crippen LogP contribution is -2.38. The third kappa shape index (κ3) is 4.46.